The zero-order chi connectivity index (χ0) is 15.5. The second-order valence-electron chi connectivity index (χ2n) is 5.62. The van der Waals surface area contributed by atoms with Gasteiger partial charge in [0.25, 0.3) is 5.91 Å². The fourth-order valence-electron chi connectivity index (χ4n) is 2.83. The Morgan fingerprint density at radius 1 is 1.17 bits per heavy atom. The minimum atomic E-state index is -0.0171. The van der Waals surface area contributed by atoms with Crippen molar-refractivity contribution in [3.63, 3.8) is 0 Å². The molecule has 1 amide bonds. The van der Waals surface area contributed by atoms with E-state index in [0.717, 1.165) is 30.6 Å². The van der Waals surface area contributed by atoms with Crippen LogP contribution in [0.25, 0.3) is 11.1 Å². The molecule has 1 heterocycles. The highest BCUT2D eigenvalue weighted by atomic mass is 35.5. The lowest BCUT2D eigenvalue weighted by molar-refractivity contribution is 0.0744. The van der Waals surface area contributed by atoms with Crippen molar-refractivity contribution in [2.45, 2.75) is 12.5 Å². The molecular weight excluding hydrogens is 331 g/mol. The molecule has 3 nitrogen and oxygen atoms in total. The van der Waals surface area contributed by atoms with Gasteiger partial charge in [-0.3, -0.25) is 4.79 Å². The van der Waals surface area contributed by atoms with E-state index < -0.39 is 0 Å². The summed E-state index contributed by atoms with van der Waals surface area (Å²) in [6, 6.07) is 15.9. The van der Waals surface area contributed by atoms with E-state index in [2.05, 4.69) is 5.32 Å². The van der Waals surface area contributed by atoms with Gasteiger partial charge in [-0.15, -0.1) is 12.4 Å². The number of rotatable bonds is 3. The first-order valence-electron chi connectivity index (χ1n) is 7.49. The van der Waals surface area contributed by atoms with Crippen LogP contribution in [0.15, 0.2) is 48.5 Å². The van der Waals surface area contributed by atoms with E-state index in [1.54, 1.807) is 11.0 Å². The Bertz CT molecular complexity index is 670. The maximum Gasteiger partial charge on any atom is 0.255 e. The van der Waals surface area contributed by atoms with Crippen LogP contribution in [-0.4, -0.2) is 37.0 Å². The molecule has 1 saturated heterocycles. The van der Waals surface area contributed by atoms with Gasteiger partial charge in [0.2, 0.25) is 0 Å². The lowest BCUT2D eigenvalue weighted by Gasteiger charge is -2.24. The lowest BCUT2D eigenvalue weighted by Crippen LogP contribution is -2.38. The molecule has 0 radical (unpaired) electrons. The number of carbonyl (C=O) groups is 1. The third-order valence-corrected chi connectivity index (χ3v) is 4.54. The van der Waals surface area contributed by atoms with Crippen molar-refractivity contribution in [2.75, 3.05) is 20.1 Å². The third-order valence-electron chi connectivity index (χ3n) is 4.21. The molecule has 1 atom stereocenters. The Hall–Kier alpha value is -1.55. The van der Waals surface area contributed by atoms with Crippen molar-refractivity contribution < 1.29 is 4.79 Å². The maximum atomic E-state index is 12.7. The Balaban J connectivity index is 0.00000192. The Morgan fingerprint density at radius 3 is 2.57 bits per heavy atom. The van der Waals surface area contributed by atoms with Crippen molar-refractivity contribution in [1.29, 1.82) is 0 Å². The van der Waals surface area contributed by atoms with Crippen LogP contribution in [0.4, 0.5) is 0 Å². The first-order chi connectivity index (χ1) is 10.7. The van der Waals surface area contributed by atoms with Crippen molar-refractivity contribution >= 4 is 29.9 Å². The summed E-state index contributed by atoms with van der Waals surface area (Å²) < 4.78 is 0. The van der Waals surface area contributed by atoms with Crippen LogP contribution in [0, 0.1) is 0 Å². The summed E-state index contributed by atoms with van der Waals surface area (Å²) in [6.07, 6.45) is 0.984. The molecular formula is C18H20Cl2N2O. The van der Waals surface area contributed by atoms with E-state index in [9.17, 15) is 4.79 Å². The van der Waals surface area contributed by atoms with Crippen LogP contribution in [-0.2, 0) is 0 Å². The number of hydrogen-bond donors (Lipinski definition) is 1. The van der Waals surface area contributed by atoms with Gasteiger partial charge in [0.15, 0.2) is 0 Å². The summed E-state index contributed by atoms with van der Waals surface area (Å²) in [5.41, 5.74) is 2.65. The summed E-state index contributed by atoms with van der Waals surface area (Å²) in [4.78, 5) is 14.6. The monoisotopic (exact) mass is 350 g/mol. The van der Waals surface area contributed by atoms with Gasteiger partial charge in [-0.25, -0.2) is 0 Å². The van der Waals surface area contributed by atoms with Crippen LogP contribution >= 0.6 is 24.0 Å². The van der Waals surface area contributed by atoms with Gasteiger partial charge in [0.05, 0.1) is 10.6 Å². The minimum absolute atomic E-state index is 0. The van der Waals surface area contributed by atoms with E-state index in [4.69, 9.17) is 11.6 Å². The van der Waals surface area contributed by atoms with Gasteiger partial charge in [-0.05, 0) is 36.2 Å². The SMILES string of the molecule is CN(C(=O)c1cc(-c2ccccc2)ccc1Cl)C1CCNC1.Cl. The van der Waals surface area contributed by atoms with E-state index in [1.165, 1.54) is 0 Å². The van der Waals surface area contributed by atoms with Crippen molar-refractivity contribution in [1.82, 2.24) is 10.2 Å². The largest absolute Gasteiger partial charge is 0.337 e. The molecule has 2 aromatic rings. The van der Waals surface area contributed by atoms with Gasteiger partial charge in [-0.2, -0.15) is 0 Å². The van der Waals surface area contributed by atoms with Crippen molar-refractivity contribution in [3.8, 4) is 11.1 Å². The molecule has 0 bridgehead atoms. The van der Waals surface area contributed by atoms with E-state index >= 15 is 0 Å². The number of nitrogens with one attached hydrogen (secondary N) is 1. The zero-order valence-corrected chi connectivity index (χ0v) is 14.5. The number of halogens is 2. The number of carbonyl (C=O) groups excluding carboxylic acids is 1. The quantitative estimate of drug-likeness (QED) is 0.911. The standard InChI is InChI=1S/C18H19ClN2O.ClH/c1-21(15-9-10-20-12-15)18(22)16-11-14(7-8-17(16)19)13-5-3-2-4-6-13;/h2-8,11,15,20H,9-10,12H2,1H3;1H. The molecule has 0 spiro atoms. The predicted molar refractivity (Wildman–Crippen MR) is 97.5 cm³/mol. The fraction of sp³-hybridized carbons (Fsp3) is 0.278. The number of hydrogen-bond acceptors (Lipinski definition) is 2. The Morgan fingerprint density at radius 2 is 1.91 bits per heavy atom. The molecule has 0 aromatic heterocycles. The fourth-order valence-corrected chi connectivity index (χ4v) is 3.02. The van der Waals surface area contributed by atoms with Crippen molar-refractivity contribution in [2.24, 2.45) is 0 Å². The molecule has 1 aliphatic rings. The Labute approximate surface area is 148 Å². The molecule has 0 saturated carbocycles. The predicted octanol–water partition coefficient (Wildman–Crippen LogP) is 3.86. The Kier molecular flexibility index (Phi) is 6.05. The first kappa shape index (κ1) is 17.8. The molecule has 122 valence electrons. The molecule has 2 aromatic carbocycles. The molecule has 1 aliphatic heterocycles. The first-order valence-corrected chi connectivity index (χ1v) is 7.87. The topological polar surface area (TPSA) is 32.3 Å². The van der Waals surface area contributed by atoms with Gasteiger partial charge in [0, 0.05) is 19.6 Å². The van der Waals surface area contributed by atoms with Gasteiger partial charge < -0.3 is 10.2 Å². The summed E-state index contributed by atoms with van der Waals surface area (Å²) in [7, 11) is 1.85. The third kappa shape index (κ3) is 3.86. The van der Waals surface area contributed by atoms with Crippen LogP contribution in [0.1, 0.15) is 16.8 Å². The average Bonchev–Trinajstić information content (AvgIpc) is 3.09. The van der Waals surface area contributed by atoms with Crippen LogP contribution in [0.2, 0.25) is 5.02 Å². The van der Waals surface area contributed by atoms with Crippen LogP contribution < -0.4 is 5.32 Å². The second-order valence-corrected chi connectivity index (χ2v) is 6.03. The summed E-state index contributed by atoms with van der Waals surface area (Å²) >= 11 is 6.27. The lowest BCUT2D eigenvalue weighted by atomic mass is 10.0. The maximum absolute atomic E-state index is 12.7. The second kappa shape index (κ2) is 7.82. The minimum Gasteiger partial charge on any atom is -0.337 e. The van der Waals surface area contributed by atoms with E-state index in [1.807, 2.05) is 49.5 Å². The molecule has 1 unspecified atom stereocenters. The molecule has 0 aliphatic carbocycles. The van der Waals surface area contributed by atoms with Crippen LogP contribution in [0.5, 0.6) is 0 Å². The summed E-state index contributed by atoms with van der Waals surface area (Å²) in [5.74, 6) is -0.0171. The smallest absolute Gasteiger partial charge is 0.255 e. The number of likely N-dealkylation sites (N-methyl/N-ethyl adjacent to an activating group) is 1. The summed E-state index contributed by atoms with van der Waals surface area (Å²) in [5, 5.41) is 3.79. The van der Waals surface area contributed by atoms with Crippen LogP contribution in [0.3, 0.4) is 0 Å². The molecule has 3 rings (SSSR count). The van der Waals surface area contributed by atoms with Gasteiger partial charge >= 0.3 is 0 Å². The molecule has 23 heavy (non-hydrogen) atoms. The normalized spacial score (nSPS) is 16.7. The molecule has 1 fully saturated rings. The highest BCUT2D eigenvalue weighted by Crippen LogP contribution is 2.26. The molecule has 1 N–H and O–H groups in total. The van der Waals surface area contributed by atoms with Gasteiger partial charge in [0.1, 0.15) is 0 Å². The van der Waals surface area contributed by atoms with E-state index in [-0.39, 0.29) is 24.4 Å². The number of nitrogens with zero attached hydrogens (tertiary/aromatic N) is 1. The number of amides is 1. The average molecular weight is 351 g/mol. The summed E-state index contributed by atoms with van der Waals surface area (Å²) in [6.45, 7) is 1.80. The molecule has 5 heteroatoms. The van der Waals surface area contributed by atoms with Crippen molar-refractivity contribution in [3.05, 3.63) is 59.1 Å². The zero-order valence-electron chi connectivity index (χ0n) is 13.0. The number of benzene rings is 2. The van der Waals surface area contributed by atoms with E-state index in [0.29, 0.717) is 10.6 Å². The van der Waals surface area contributed by atoms with Gasteiger partial charge in [-0.1, -0.05) is 48.0 Å². The highest BCUT2D eigenvalue weighted by Gasteiger charge is 2.25. The highest BCUT2D eigenvalue weighted by molar-refractivity contribution is 6.34.